The van der Waals surface area contributed by atoms with E-state index in [4.69, 9.17) is 4.74 Å². The van der Waals surface area contributed by atoms with Gasteiger partial charge in [-0.2, -0.15) is 0 Å². The fraction of sp³-hybridized carbons (Fsp3) is 0.667. The lowest BCUT2D eigenvalue weighted by Gasteiger charge is -2.36. The number of hydrogen-bond donors (Lipinski definition) is 1. The number of ether oxygens (including phenoxy) is 1. The molecule has 2 atom stereocenters. The van der Waals surface area contributed by atoms with Gasteiger partial charge in [-0.15, -0.1) is 0 Å². The average molecular weight is 263 g/mol. The molecule has 1 fully saturated rings. The van der Waals surface area contributed by atoms with Gasteiger partial charge in [-0.05, 0) is 32.0 Å². The molecule has 1 aromatic heterocycles. The number of morpholine rings is 1. The predicted molar refractivity (Wildman–Crippen MR) is 76.9 cm³/mol. The molecule has 1 aromatic rings. The maximum Gasteiger partial charge on any atom is 0.0674 e. The van der Waals surface area contributed by atoms with E-state index in [1.165, 1.54) is 5.56 Å². The molecule has 4 heteroatoms. The van der Waals surface area contributed by atoms with Crippen LogP contribution in [0.4, 0.5) is 0 Å². The molecule has 0 bridgehead atoms. The minimum Gasteiger partial charge on any atom is -0.376 e. The molecule has 2 heterocycles. The van der Waals surface area contributed by atoms with Crippen LogP contribution in [0.25, 0.3) is 0 Å². The minimum atomic E-state index is 0.323. The highest BCUT2D eigenvalue weighted by atomic mass is 16.5. The first-order chi connectivity index (χ1) is 9.19. The van der Waals surface area contributed by atoms with Crippen LogP contribution < -0.4 is 5.32 Å². The van der Waals surface area contributed by atoms with Crippen LogP contribution in [-0.4, -0.2) is 41.7 Å². The summed E-state index contributed by atoms with van der Waals surface area (Å²) in [5.74, 6) is 0. The van der Waals surface area contributed by atoms with Crippen molar-refractivity contribution in [2.45, 2.75) is 46.0 Å². The predicted octanol–water partition coefficient (Wildman–Crippen LogP) is 1.80. The van der Waals surface area contributed by atoms with Crippen molar-refractivity contribution in [1.82, 2.24) is 15.2 Å². The topological polar surface area (TPSA) is 37.4 Å². The van der Waals surface area contributed by atoms with Crippen molar-refractivity contribution in [3.8, 4) is 0 Å². The fourth-order valence-electron chi connectivity index (χ4n) is 2.32. The number of aromatic nitrogens is 1. The number of nitrogens with one attached hydrogen (secondary N) is 1. The van der Waals surface area contributed by atoms with Gasteiger partial charge in [-0.25, -0.2) is 0 Å². The highest BCUT2D eigenvalue weighted by Gasteiger charge is 2.23. The normalized spacial score (nSPS) is 24.6. The van der Waals surface area contributed by atoms with Gasteiger partial charge in [-0.3, -0.25) is 9.88 Å². The summed E-state index contributed by atoms with van der Waals surface area (Å²) in [5, 5.41) is 3.31. The Bertz CT molecular complexity index is 379. The summed E-state index contributed by atoms with van der Waals surface area (Å²) in [7, 11) is 0. The monoisotopic (exact) mass is 263 g/mol. The van der Waals surface area contributed by atoms with Crippen LogP contribution >= 0.6 is 0 Å². The molecule has 1 saturated heterocycles. The molecular weight excluding hydrogens is 238 g/mol. The Hall–Kier alpha value is -0.970. The van der Waals surface area contributed by atoms with Crippen molar-refractivity contribution in [3.63, 3.8) is 0 Å². The van der Waals surface area contributed by atoms with Crippen LogP contribution in [0.2, 0.25) is 0 Å². The summed E-state index contributed by atoms with van der Waals surface area (Å²) >= 11 is 0. The summed E-state index contributed by atoms with van der Waals surface area (Å²) in [6.45, 7) is 11.1. The van der Waals surface area contributed by atoms with Gasteiger partial charge in [0.2, 0.25) is 0 Å². The molecular formula is C15H25N3O. The zero-order valence-electron chi connectivity index (χ0n) is 12.2. The second-order valence-electron chi connectivity index (χ2n) is 5.36. The standard InChI is InChI=1S/C15H25N3O/c1-4-16-7-14-5-6-15(17-8-14)10-18-9-13(3)19-11-12(18)2/h5-6,8,12-13,16H,4,7,9-11H2,1-3H3. The number of nitrogens with zero attached hydrogens (tertiary/aromatic N) is 2. The van der Waals surface area contributed by atoms with E-state index in [1.807, 2.05) is 6.20 Å². The van der Waals surface area contributed by atoms with Gasteiger partial charge in [-0.1, -0.05) is 13.0 Å². The van der Waals surface area contributed by atoms with E-state index in [0.717, 1.165) is 38.5 Å². The molecule has 2 unspecified atom stereocenters. The Kier molecular flexibility index (Phi) is 5.31. The van der Waals surface area contributed by atoms with Crippen molar-refractivity contribution in [3.05, 3.63) is 29.6 Å². The van der Waals surface area contributed by atoms with Crippen molar-refractivity contribution < 1.29 is 4.74 Å². The summed E-state index contributed by atoms with van der Waals surface area (Å²) in [6.07, 6.45) is 2.30. The molecule has 0 amide bonds. The molecule has 1 aliphatic heterocycles. The molecule has 0 aromatic carbocycles. The lowest BCUT2D eigenvalue weighted by molar-refractivity contribution is -0.0530. The van der Waals surface area contributed by atoms with E-state index in [9.17, 15) is 0 Å². The van der Waals surface area contributed by atoms with E-state index in [1.54, 1.807) is 0 Å². The van der Waals surface area contributed by atoms with Crippen molar-refractivity contribution >= 4 is 0 Å². The first-order valence-electron chi connectivity index (χ1n) is 7.19. The highest BCUT2D eigenvalue weighted by molar-refractivity contribution is 5.14. The van der Waals surface area contributed by atoms with Gasteiger partial charge in [0, 0.05) is 31.9 Å². The van der Waals surface area contributed by atoms with Gasteiger partial charge < -0.3 is 10.1 Å². The molecule has 1 N–H and O–H groups in total. The third-order valence-corrected chi connectivity index (χ3v) is 3.57. The average Bonchev–Trinajstić information content (AvgIpc) is 2.42. The van der Waals surface area contributed by atoms with Crippen LogP contribution in [0, 0.1) is 0 Å². The molecule has 0 radical (unpaired) electrons. The lowest BCUT2D eigenvalue weighted by atomic mass is 10.2. The Morgan fingerprint density at radius 2 is 2.26 bits per heavy atom. The van der Waals surface area contributed by atoms with E-state index in [0.29, 0.717) is 12.1 Å². The van der Waals surface area contributed by atoms with Crippen LogP contribution in [0.3, 0.4) is 0 Å². The van der Waals surface area contributed by atoms with E-state index >= 15 is 0 Å². The Balaban J connectivity index is 1.91. The number of pyridine rings is 1. The number of hydrogen-bond acceptors (Lipinski definition) is 4. The fourth-order valence-corrected chi connectivity index (χ4v) is 2.32. The zero-order valence-corrected chi connectivity index (χ0v) is 12.2. The maximum absolute atomic E-state index is 5.65. The summed E-state index contributed by atoms with van der Waals surface area (Å²) in [6, 6.07) is 4.78. The summed E-state index contributed by atoms with van der Waals surface area (Å²) < 4.78 is 5.65. The molecule has 106 valence electrons. The molecule has 1 aliphatic rings. The van der Waals surface area contributed by atoms with Crippen molar-refractivity contribution in [2.24, 2.45) is 0 Å². The summed E-state index contributed by atoms with van der Waals surface area (Å²) in [5.41, 5.74) is 2.38. The molecule has 2 rings (SSSR count). The van der Waals surface area contributed by atoms with Gasteiger partial charge in [0.25, 0.3) is 0 Å². The van der Waals surface area contributed by atoms with Gasteiger partial charge in [0.15, 0.2) is 0 Å². The second-order valence-corrected chi connectivity index (χ2v) is 5.36. The molecule has 19 heavy (non-hydrogen) atoms. The lowest BCUT2D eigenvalue weighted by Crippen LogP contribution is -2.46. The van der Waals surface area contributed by atoms with Crippen LogP contribution in [0.5, 0.6) is 0 Å². The Morgan fingerprint density at radius 3 is 2.95 bits per heavy atom. The smallest absolute Gasteiger partial charge is 0.0674 e. The van der Waals surface area contributed by atoms with E-state index < -0.39 is 0 Å². The molecule has 0 spiro atoms. The van der Waals surface area contributed by atoms with Crippen molar-refractivity contribution in [2.75, 3.05) is 19.7 Å². The van der Waals surface area contributed by atoms with Crippen LogP contribution in [0.1, 0.15) is 32.0 Å². The maximum atomic E-state index is 5.65. The van der Waals surface area contributed by atoms with Crippen molar-refractivity contribution in [1.29, 1.82) is 0 Å². The van der Waals surface area contributed by atoms with Gasteiger partial charge in [0.05, 0.1) is 18.4 Å². The second kappa shape index (κ2) is 6.98. The first kappa shape index (κ1) is 14.4. The van der Waals surface area contributed by atoms with Crippen LogP contribution in [0.15, 0.2) is 18.3 Å². The third-order valence-electron chi connectivity index (χ3n) is 3.57. The quantitative estimate of drug-likeness (QED) is 0.879. The minimum absolute atomic E-state index is 0.323. The Morgan fingerprint density at radius 1 is 1.42 bits per heavy atom. The Labute approximate surface area is 116 Å². The van der Waals surface area contributed by atoms with E-state index in [2.05, 4.69) is 48.1 Å². The van der Waals surface area contributed by atoms with Gasteiger partial charge >= 0.3 is 0 Å². The highest BCUT2D eigenvalue weighted by Crippen LogP contribution is 2.14. The van der Waals surface area contributed by atoms with Gasteiger partial charge in [0.1, 0.15) is 0 Å². The largest absolute Gasteiger partial charge is 0.376 e. The zero-order chi connectivity index (χ0) is 13.7. The molecule has 4 nitrogen and oxygen atoms in total. The molecule has 0 aliphatic carbocycles. The first-order valence-corrected chi connectivity index (χ1v) is 7.19. The third kappa shape index (κ3) is 4.27. The summed E-state index contributed by atoms with van der Waals surface area (Å²) in [4.78, 5) is 7.01. The van der Waals surface area contributed by atoms with Crippen LogP contribution in [-0.2, 0) is 17.8 Å². The molecule has 0 saturated carbocycles. The van der Waals surface area contributed by atoms with E-state index in [-0.39, 0.29) is 0 Å². The SMILES string of the molecule is CCNCc1ccc(CN2CC(C)OCC2C)nc1. The number of rotatable bonds is 5.